The maximum atomic E-state index is 4.69. The lowest BCUT2D eigenvalue weighted by Gasteiger charge is -2.12. The van der Waals surface area contributed by atoms with Crippen LogP contribution in [0.25, 0.3) is 5.69 Å². The molecule has 0 amide bonds. The number of nitrogens with zero attached hydrogens (tertiary/aromatic N) is 4. The highest BCUT2D eigenvalue weighted by Crippen LogP contribution is 2.17. The Morgan fingerprint density at radius 1 is 1.04 bits per heavy atom. The van der Waals surface area contributed by atoms with E-state index in [1.54, 1.807) is 7.05 Å². The number of aryl methyl sites for hydroxylation is 1. The van der Waals surface area contributed by atoms with Gasteiger partial charge in [-0.3, -0.25) is 4.99 Å². The molecular weight excluding hydrogens is 324 g/mol. The second kappa shape index (κ2) is 8.38. The predicted octanol–water partition coefficient (Wildman–Crippen LogP) is 2.66. The van der Waals surface area contributed by atoms with Gasteiger partial charge in [-0.15, -0.1) is 0 Å². The molecule has 2 aromatic heterocycles. The molecule has 6 nitrogen and oxygen atoms in total. The van der Waals surface area contributed by atoms with Gasteiger partial charge in [0.15, 0.2) is 5.96 Å². The number of aromatic nitrogens is 3. The van der Waals surface area contributed by atoms with Crippen LogP contribution in [0.4, 0.5) is 0 Å². The second-order valence-electron chi connectivity index (χ2n) is 6.17. The molecule has 136 valence electrons. The first-order valence-corrected chi connectivity index (χ1v) is 8.85. The first kappa shape index (κ1) is 17.8. The van der Waals surface area contributed by atoms with E-state index < -0.39 is 0 Å². The van der Waals surface area contributed by atoms with Crippen molar-refractivity contribution in [2.45, 2.75) is 26.9 Å². The van der Waals surface area contributed by atoms with Crippen LogP contribution in [0.3, 0.4) is 0 Å². The summed E-state index contributed by atoms with van der Waals surface area (Å²) in [4.78, 5) is 4.30. The van der Waals surface area contributed by atoms with Gasteiger partial charge in [-0.25, -0.2) is 4.68 Å². The summed E-state index contributed by atoms with van der Waals surface area (Å²) in [5, 5.41) is 11.4. The maximum Gasteiger partial charge on any atom is 0.191 e. The summed E-state index contributed by atoms with van der Waals surface area (Å²) < 4.78 is 4.13. The molecule has 0 radical (unpaired) electrons. The van der Waals surface area contributed by atoms with Crippen molar-refractivity contribution in [2.24, 2.45) is 4.99 Å². The average molecular weight is 350 g/mol. The molecule has 0 aliphatic heterocycles. The zero-order valence-corrected chi connectivity index (χ0v) is 15.6. The van der Waals surface area contributed by atoms with E-state index in [1.165, 1.54) is 5.56 Å². The topological polar surface area (TPSA) is 59.2 Å². The van der Waals surface area contributed by atoms with Crippen molar-refractivity contribution in [3.8, 4) is 5.69 Å². The minimum atomic E-state index is 0.688. The minimum Gasteiger partial charge on any atom is -0.355 e. The summed E-state index contributed by atoms with van der Waals surface area (Å²) in [6.45, 7) is 6.55. The molecule has 0 aliphatic rings. The number of hydrogen-bond acceptors (Lipinski definition) is 2. The van der Waals surface area contributed by atoms with E-state index in [-0.39, 0.29) is 0 Å². The Balaban J connectivity index is 1.60. The Labute approximate surface area is 154 Å². The quantitative estimate of drug-likeness (QED) is 0.531. The Hall–Kier alpha value is -3.02. The smallest absolute Gasteiger partial charge is 0.191 e. The largest absolute Gasteiger partial charge is 0.355 e. The van der Waals surface area contributed by atoms with Crippen molar-refractivity contribution in [1.29, 1.82) is 0 Å². The normalized spacial score (nSPS) is 11.6. The number of benzene rings is 1. The standard InChI is InChI=1S/C20H26N6/c1-16-19(17(2)26(24-16)18-9-5-4-6-10-18)15-23-20(21-3)22-11-14-25-12-7-8-13-25/h4-10,12-13H,11,14-15H2,1-3H3,(H2,21,22,23). The highest BCUT2D eigenvalue weighted by Gasteiger charge is 2.13. The number of nitrogens with one attached hydrogen (secondary N) is 2. The van der Waals surface area contributed by atoms with E-state index in [1.807, 2.05) is 41.9 Å². The molecule has 3 rings (SSSR count). The molecule has 0 aliphatic carbocycles. The van der Waals surface area contributed by atoms with Gasteiger partial charge in [0.1, 0.15) is 0 Å². The van der Waals surface area contributed by atoms with Gasteiger partial charge in [0.25, 0.3) is 0 Å². The van der Waals surface area contributed by atoms with Crippen LogP contribution in [0.1, 0.15) is 17.0 Å². The van der Waals surface area contributed by atoms with Crippen LogP contribution in [0.15, 0.2) is 59.9 Å². The number of guanidine groups is 1. The number of hydrogen-bond donors (Lipinski definition) is 2. The third-order valence-electron chi connectivity index (χ3n) is 4.43. The van der Waals surface area contributed by atoms with Gasteiger partial charge in [-0.05, 0) is 38.1 Å². The highest BCUT2D eigenvalue weighted by molar-refractivity contribution is 5.79. The fourth-order valence-electron chi connectivity index (χ4n) is 2.97. The van der Waals surface area contributed by atoms with Crippen molar-refractivity contribution < 1.29 is 0 Å². The van der Waals surface area contributed by atoms with Crippen molar-refractivity contribution >= 4 is 5.96 Å². The van der Waals surface area contributed by atoms with Gasteiger partial charge in [0.2, 0.25) is 0 Å². The van der Waals surface area contributed by atoms with Crippen molar-refractivity contribution in [1.82, 2.24) is 25.0 Å². The van der Waals surface area contributed by atoms with Crippen LogP contribution in [-0.2, 0) is 13.1 Å². The average Bonchev–Trinajstić information content (AvgIpc) is 3.27. The molecule has 0 bridgehead atoms. The first-order valence-electron chi connectivity index (χ1n) is 8.85. The minimum absolute atomic E-state index is 0.688. The number of aliphatic imine (C=N–C) groups is 1. The zero-order chi connectivity index (χ0) is 18.4. The lowest BCUT2D eigenvalue weighted by atomic mass is 10.2. The lowest BCUT2D eigenvalue weighted by molar-refractivity contribution is 0.665. The summed E-state index contributed by atoms with van der Waals surface area (Å²) in [6, 6.07) is 14.3. The predicted molar refractivity (Wildman–Crippen MR) is 106 cm³/mol. The summed E-state index contributed by atoms with van der Waals surface area (Å²) in [6.07, 6.45) is 4.12. The summed E-state index contributed by atoms with van der Waals surface area (Å²) >= 11 is 0. The van der Waals surface area contributed by atoms with E-state index in [9.17, 15) is 0 Å². The Morgan fingerprint density at radius 3 is 2.46 bits per heavy atom. The molecule has 3 aromatic rings. The van der Waals surface area contributed by atoms with Crippen molar-refractivity contribution in [3.63, 3.8) is 0 Å². The molecule has 0 unspecified atom stereocenters. The van der Waals surface area contributed by atoms with Gasteiger partial charge >= 0.3 is 0 Å². The molecule has 0 atom stereocenters. The molecule has 6 heteroatoms. The summed E-state index contributed by atoms with van der Waals surface area (Å²) in [7, 11) is 1.79. The highest BCUT2D eigenvalue weighted by atomic mass is 15.3. The first-order chi connectivity index (χ1) is 12.7. The fourth-order valence-corrected chi connectivity index (χ4v) is 2.97. The fraction of sp³-hybridized carbons (Fsp3) is 0.300. The molecule has 1 aromatic carbocycles. The molecule has 0 saturated carbocycles. The summed E-state index contributed by atoms with van der Waals surface area (Å²) in [5.41, 5.74) is 4.45. The van der Waals surface area contributed by atoms with Gasteiger partial charge in [-0.1, -0.05) is 18.2 Å². The molecule has 26 heavy (non-hydrogen) atoms. The monoisotopic (exact) mass is 350 g/mol. The molecule has 0 fully saturated rings. The van der Waals surface area contributed by atoms with Crippen LogP contribution >= 0.6 is 0 Å². The zero-order valence-electron chi connectivity index (χ0n) is 15.6. The van der Waals surface area contributed by atoms with Crippen LogP contribution < -0.4 is 10.6 Å². The molecular formula is C20H26N6. The van der Waals surface area contributed by atoms with Crippen molar-refractivity contribution in [3.05, 3.63) is 71.8 Å². The van der Waals surface area contributed by atoms with Crippen LogP contribution in [0, 0.1) is 13.8 Å². The van der Waals surface area contributed by atoms with E-state index in [0.29, 0.717) is 6.54 Å². The number of para-hydroxylation sites is 1. The second-order valence-corrected chi connectivity index (χ2v) is 6.17. The van der Waals surface area contributed by atoms with Crippen LogP contribution in [-0.4, -0.2) is 33.9 Å². The third kappa shape index (κ3) is 4.14. The summed E-state index contributed by atoms with van der Waals surface area (Å²) in [5.74, 6) is 0.795. The molecule has 0 spiro atoms. The van der Waals surface area contributed by atoms with Gasteiger partial charge < -0.3 is 15.2 Å². The van der Waals surface area contributed by atoms with E-state index in [4.69, 9.17) is 5.10 Å². The molecule has 0 saturated heterocycles. The lowest BCUT2D eigenvalue weighted by Crippen LogP contribution is -2.38. The number of rotatable bonds is 6. The van der Waals surface area contributed by atoms with E-state index >= 15 is 0 Å². The molecule has 2 heterocycles. The van der Waals surface area contributed by atoms with Crippen LogP contribution in [0.2, 0.25) is 0 Å². The van der Waals surface area contributed by atoms with Crippen molar-refractivity contribution in [2.75, 3.05) is 13.6 Å². The van der Waals surface area contributed by atoms with Gasteiger partial charge in [-0.2, -0.15) is 5.10 Å². The third-order valence-corrected chi connectivity index (χ3v) is 4.43. The Bertz CT molecular complexity index is 846. The Kier molecular flexibility index (Phi) is 5.73. The molecule has 2 N–H and O–H groups in total. The van der Waals surface area contributed by atoms with E-state index in [2.05, 4.69) is 51.6 Å². The van der Waals surface area contributed by atoms with Gasteiger partial charge in [0.05, 0.1) is 11.4 Å². The Morgan fingerprint density at radius 2 is 1.77 bits per heavy atom. The SMILES string of the molecule is CN=C(NCCn1cccc1)NCc1c(C)nn(-c2ccccc2)c1C. The van der Waals surface area contributed by atoms with Crippen LogP contribution in [0.5, 0.6) is 0 Å². The maximum absolute atomic E-state index is 4.69. The van der Waals surface area contributed by atoms with E-state index in [0.717, 1.165) is 36.1 Å². The van der Waals surface area contributed by atoms with Gasteiger partial charge in [0, 0.05) is 50.3 Å².